The van der Waals surface area contributed by atoms with Crippen LogP contribution in [-0.2, 0) is 19.0 Å². The number of nitrogens with zero attached hydrogens (tertiary/aromatic N) is 3. The van der Waals surface area contributed by atoms with Crippen molar-refractivity contribution in [1.82, 2.24) is 14.9 Å². The molecular formula is C28H30FN3O7S. The number of halogens is 1. The summed E-state index contributed by atoms with van der Waals surface area (Å²) in [6, 6.07) is 4.57. The van der Waals surface area contributed by atoms with E-state index in [4.69, 9.17) is 18.9 Å². The number of hydrogen-bond acceptors (Lipinski definition) is 10. The molecule has 10 nitrogen and oxygen atoms in total. The molecule has 2 aromatic heterocycles. The Labute approximate surface area is 234 Å². The maximum Gasteiger partial charge on any atom is 0.410 e. The average Bonchev–Trinajstić information content (AvgIpc) is 3.49. The number of methoxy groups -OCH3 is 1. The molecule has 0 N–H and O–H groups in total. The Morgan fingerprint density at radius 3 is 2.65 bits per heavy atom. The highest BCUT2D eigenvalue weighted by atomic mass is 32.1. The number of esters is 1. The van der Waals surface area contributed by atoms with E-state index in [1.165, 1.54) is 30.8 Å². The zero-order chi connectivity index (χ0) is 27.9. The van der Waals surface area contributed by atoms with E-state index in [-0.39, 0.29) is 42.7 Å². The fourth-order valence-electron chi connectivity index (χ4n) is 5.19. The van der Waals surface area contributed by atoms with Crippen LogP contribution in [0.2, 0.25) is 0 Å². The molecule has 12 heteroatoms. The summed E-state index contributed by atoms with van der Waals surface area (Å²) in [6.45, 7) is 3.98. The molecular weight excluding hydrogens is 541 g/mol. The second kappa shape index (κ2) is 10.8. The predicted molar refractivity (Wildman–Crippen MR) is 143 cm³/mol. The monoisotopic (exact) mass is 571 g/mol. The molecule has 1 amide bonds. The SMILES string of the molecule is COC(=O)CCOc1ccc(-c2csc3c(OC4C5COCC4CN(C(=O)OC4(C)CC4)C5)ncnc23)c(F)c1. The van der Waals surface area contributed by atoms with Gasteiger partial charge in [0.2, 0.25) is 5.88 Å². The van der Waals surface area contributed by atoms with Crippen molar-refractivity contribution in [2.24, 2.45) is 11.8 Å². The second-order valence-corrected chi connectivity index (χ2v) is 11.6. The quantitative estimate of drug-likeness (QED) is 0.362. The van der Waals surface area contributed by atoms with Gasteiger partial charge in [0.25, 0.3) is 0 Å². The Kier molecular flexibility index (Phi) is 7.22. The maximum atomic E-state index is 15.1. The summed E-state index contributed by atoms with van der Waals surface area (Å²) in [5, 5.41) is 1.84. The first kappa shape index (κ1) is 26.7. The molecule has 1 aromatic carbocycles. The average molecular weight is 572 g/mol. The van der Waals surface area contributed by atoms with E-state index in [0.717, 1.165) is 17.5 Å². The Bertz CT molecular complexity index is 1410. The van der Waals surface area contributed by atoms with Crippen LogP contribution < -0.4 is 9.47 Å². The van der Waals surface area contributed by atoms with Crippen molar-refractivity contribution in [3.63, 3.8) is 0 Å². The lowest BCUT2D eigenvalue weighted by atomic mass is 9.84. The molecule has 2 saturated heterocycles. The fraction of sp³-hybridized carbons (Fsp3) is 0.500. The van der Waals surface area contributed by atoms with Gasteiger partial charge in [-0.25, -0.2) is 19.2 Å². The zero-order valence-electron chi connectivity index (χ0n) is 22.3. The van der Waals surface area contributed by atoms with E-state index < -0.39 is 11.8 Å². The topological polar surface area (TPSA) is 109 Å². The van der Waals surface area contributed by atoms with Crippen LogP contribution in [0.5, 0.6) is 11.6 Å². The molecule has 6 rings (SSSR count). The summed E-state index contributed by atoms with van der Waals surface area (Å²) in [5.74, 6) is -0.165. The van der Waals surface area contributed by atoms with Crippen molar-refractivity contribution < 1.29 is 37.7 Å². The van der Waals surface area contributed by atoms with Crippen molar-refractivity contribution in [2.75, 3.05) is 40.0 Å². The molecule has 40 heavy (non-hydrogen) atoms. The Morgan fingerprint density at radius 2 is 1.95 bits per heavy atom. The summed E-state index contributed by atoms with van der Waals surface area (Å²) in [7, 11) is 1.30. The number of piperidine rings is 1. The Balaban J connectivity index is 1.18. The number of ether oxygens (including phenoxy) is 5. The van der Waals surface area contributed by atoms with E-state index in [1.54, 1.807) is 17.0 Å². The lowest BCUT2D eigenvalue weighted by molar-refractivity contribution is -0.141. The number of thiophene rings is 1. The highest BCUT2D eigenvalue weighted by Crippen LogP contribution is 2.42. The van der Waals surface area contributed by atoms with Gasteiger partial charge >= 0.3 is 12.1 Å². The van der Waals surface area contributed by atoms with Crippen molar-refractivity contribution in [2.45, 2.75) is 37.9 Å². The molecule has 0 spiro atoms. The van der Waals surface area contributed by atoms with E-state index in [1.807, 2.05) is 12.3 Å². The van der Waals surface area contributed by atoms with E-state index in [0.29, 0.717) is 54.6 Å². The van der Waals surface area contributed by atoms with Crippen molar-refractivity contribution in [3.8, 4) is 22.8 Å². The van der Waals surface area contributed by atoms with Crippen LogP contribution in [0.15, 0.2) is 29.9 Å². The van der Waals surface area contributed by atoms with Gasteiger partial charge < -0.3 is 28.6 Å². The van der Waals surface area contributed by atoms with E-state index in [9.17, 15) is 9.59 Å². The van der Waals surface area contributed by atoms with Crippen molar-refractivity contribution in [1.29, 1.82) is 0 Å². The maximum absolute atomic E-state index is 15.1. The lowest BCUT2D eigenvalue weighted by Gasteiger charge is -2.46. The van der Waals surface area contributed by atoms with Crippen molar-refractivity contribution >= 4 is 33.6 Å². The Morgan fingerprint density at radius 1 is 1.18 bits per heavy atom. The minimum atomic E-state index is -0.470. The number of likely N-dealkylation sites (tertiary alicyclic amines) is 1. The first-order valence-corrected chi connectivity index (χ1v) is 14.2. The highest BCUT2D eigenvalue weighted by molar-refractivity contribution is 7.18. The molecule has 212 valence electrons. The number of benzene rings is 1. The smallest absolute Gasteiger partial charge is 0.410 e. The summed E-state index contributed by atoms with van der Waals surface area (Å²) in [4.78, 5) is 34.6. The normalized spacial score (nSPS) is 23.0. The third kappa shape index (κ3) is 5.42. The number of rotatable bonds is 8. The van der Waals surface area contributed by atoms with E-state index in [2.05, 4.69) is 14.7 Å². The molecule has 3 fully saturated rings. The minimum absolute atomic E-state index is 0.0271. The molecule has 2 atom stereocenters. The summed E-state index contributed by atoms with van der Waals surface area (Å²) in [5.41, 5.74) is 1.27. The van der Waals surface area contributed by atoms with Crippen LogP contribution in [0.4, 0.5) is 9.18 Å². The summed E-state index contributed by atoms with van der Waals surface area (Å²) in [6.07, 6.45) is 2.84. The largest absolute Gasteiger partial charge is 0.493 e. The first-order chi connectivity index (χ1) is 19.3. The van der Waals surface area contributed by atoms with Gasteiger partial charge in [-0.2, -0.15) is 0 Å². The fourth-order valence-corrected chi connectivity index (χ4v) is 6.14. The standard InChI is InChI=1S/C28H30FN3O7S/c1-28(6-7-28)39-27(34)32-10-16-12-36-13-17(11-32)24(16)38-26-25-23(30-15-31-26)20(14-40-25)19-4-3-18(9-21(19)29)37-8-5-22(33)35-2/h3-4,9,14-17,24H,5-8,10-13H2,1-2H3. The first-order valence-electron chi connectivity index (χ1n) is 13.3. The molecule has 3 aromatic rings. The van der Waals surface area contributed by atoms with Gasteiger partial charge in [0.1, 0.15) is 34.3 Å². The molecule has 4 heterocycles. The van der Waals surface area contributed by atoms with Crippen molar-refractivity contribution in [3.05, 3.63) is 35.7 Å². The van der Waals surface area contributed by atoms with Gasteiger partial charge in [-0.15, -0.1) is 11.3 Å². The van der Waals surface area contributed by atoms with Crippen LogP contribution in [-0.4, -0.2) is 78.7 Å². The summed E-state index contributed by atoms with van der Waals surface area (Å²) < 4.78 is 43.9. The molecule has 0 radical (unpaired) electrons. The molecule has 2 aliphatic heterocycles. The van der Waals surface area contributed by atoms with E-state index >= 15 is 4.39 Å². The van der Waals surface area contributed by atoms with Gasteiger partial charge in [0, 0.05) is 47.5 Å². The summed E-state index contributed by atoms with van der Waals surface area (Å²) >= 11 is 1.39. The minimum Gasteiger partial charge on any atom is -0.493 e. The lowest BCUT2D eigenvalue weighted by Crippen LogP contribution is -2.59. The number of aromatic nitrogens is 2. The second-order valence-electron chi connectivity index (χ2n) is 10.7. The number of fused-ring (bicyclic) bond motifs is 3. The Hall–Kier alpha value is -3.51. The highest BCUT2D eigenvalue weighted by Gasteiger charge is 2.47. The van der Waals surface area contributed by atoms with Crippen LogP contribution in [0, 0.1) is 17.7 Å². The van der Waals surface area contributed by atoms with Gasteiger partial charge in [-0.3, -0.25) is 4.79 Å². The van der Waals surface area contributed by atoms with Crippen LogP contribution in [0.1, 0.15) is 26.2 Å². The molecule has 1 saturated carbocycles. The molecule has 2 unspecified atom stereocenters. The molecule has 2 bridgehead atoms. The molecule has 3 aliphatic rings. The van der Waals surface area contributed by atoms with Crippen LogP contribution in [0.3, 0.4) is 0 Å². The van der Waals surface area contributed by atoms with Gasteiger partial charge in [0.05, 0.1) is 38.9 Å². The van der Waals surface area contributed by atoms with Crippen LogP contribution in [0.25, 0.3) is 21.3 Å². The third-order valence-electron chi connectivity index (χ3n) is 7.65. The molecule has 1 aliphatic carbocycles. The van der Waals surface area contributed by atoms with Gasteiger partial charge in [0.15, 0.2) is 0 Å². The number of hydrogen-bond donors (Lipinski definition) is 0. The van der Waals surface area contributed by atoms with Crippen LogP contribution >= 0.6 is 11.3 Å². The zero-order valence-corrected chi connectivity index (χ0v) is 23.1. The van der Waals surface area contributed by atoms with Gasteiger partial charge in [-0.05, 0) is 31.9 Å². The number of amides is 1. The third-order valence-corrected chi connectivity index (χ3v) is 8.61. The number of carbonyl (C=O) groups excluding carboxylic acids is 2. The number of carbonyl (C=O) groups is 2. The predicted octanol–water partition coefficient (Wildman–Crippen LogP) is 4.45. The van der Waals surface area contributed by atoms with Gasteiger partial charge in [-0.1, -0.05) is 0 Å².